The van der Waals surface area contributed by atoms with Gasteiger partial charge in [0, 0.05) is 12.8 Å². The molecule has 2 rings (SSSR count). The summed E-state index contributed by atoms with van der Waals surface area (Å²) in [7, 11) is 0. The maximum Gasteiger partial charge on any atom is 0.105 e. The molecule has 0 unspecified atom stereocenters. The highest BCUT2D eigenvalue weighted by Gasteiger charge is 1.98. The van der Waals surface area contributed by atoms with E-state index in [-0.39, 0.29) is 0 Å². The molecule has 0 bridgehead atoms. The second-order valence-corrected chi connectivity index (χ2v) is 5.56. The van der Waals surface area contributed by atoms with E-state index in [2.05, 4.69) is 0 Å². The summed E-state index contributed by atoms with van der Waals surface area (Å²) in [4.78, 5) is 0. The Morgan fingerprint density at radius 2 is 1.10 bits per heavy atom. The predicted octanol–water partition coefficient (Wildman–Crippen LogP) is 5.65. The molecule has 0 aromatic heterocycles. The molecule has 0 saturated carbocycles. The van der Waals surface area contributed by atoms with Crippen LogP contribution < -0.4 is 0 Å². The number of halogens is 2. The molecule has 0 radical (unpaired) electrons. The van der Waals surface area contributed by atoms with Gasteiger partial charge < -0.3 is 4.74 Å². The van der Waals surface area contributed by atoms with Crippen LogP contribution in [0.4, 0.5) is 0 Å². The third-order valence-electron chi connectivity index (χ3n) is 2.82. The first-order chi connectivity index (χ1) is 10.2. The summed E-state index contributed by atoms with van der Waals surface area (Å²) in [6, 6.07) is 20.0. The van der Waals surface area contributed by atoms with Crippen LogP contribution >= 0.6 is 23.2 Å². The van der Waals surface area contributed by atoms with Crippen LogP contribution in [0.3, 0.4) is 0 Å². The molecule has 0 aliphatic rings. The van der Waals surface area contributed by atoms with Crippen LogP contribution in [0.15, 0.2) is 83.3 Å². The van der Waals surface area contributed by atoms with Crippen LogP contribution in [0, 0.1) is 0 Å². The highest BCUT2D eigenvalue weighted by atomic mass is 35.5. The normalized spacial score (nSPS) is 12.3. The van der Waals surface area contributed by atoms with Crippen LogP contribution in [-0.4, -0.2) is 0 Å². The van der Waals surface area contributed by atoms with Crippen LogP contribution in [-0.2, 0) is 17.6 Å². The Morgan fingerprint density at radius 3 is 1.48 bits per heavy atom. The highest BCUT2D eigenvalue weighted by Crippen LogP contribution is 2.14. The van der Waals surface area contributed by atoms with Crippen molar-refractivity contribution >= 4 is 23.2 Å². The second kappa shape index (κ2) is 8.56. The van der Waals surface area contributed by atoms with E-state index in [4.69, 9.17) is 27.9 Å². The van der Waals surface area contributed by atoms with Crippen LogP contribution in [0.2, 0.25) is 0 Å². The van der Waals surface area contributed by atoms with E-state index >= 15 is 0 Å². The predicted molar refractivity (Wildman–Crippen MR) is 89.2 cm³/mol. The quantitative estimate of drug-likeness (QED) is 0.625. The van der Waals surface area contributed by atoms with Gasteiger partial charge in [0.2, 0.25) is 0 Å². The number of rotatable bonds is 6. The molecular weight excluding hydrogens is 303 g/mol. The molecule has 108 valence electrons. The third-order valence-corrected chi connectivity index (χ3v) is 3.27. The lowest BCUT2D eigenvalue weighted by Gasteiger charge is -2.01. The molecule has 0 N–H and O–H groups in total. The summed E-state index contributed by atoms with van der Waals surface area (Å²) in [5, 5.41) is 1.25. The van der Waals surface area contributed by atoms with Crippen molar-refractivity contribution in [2.24, 2.45) is 0 Å². The Balaban J connectivity index is 1.84. The van der Waals surface area contributed by atoms with E-state index in [1.54, 1.807) is 0 Å². The zero-order chi connectivity index (χ0) is 14.9. The fraction of sp³-hybridized carbons (Fsp3) is 0.111. The maximum atomic E-state index is 6.12. The molecule has 0 heterocycles. The molecule has 0 spiro atoms. The number of ether oxygens (including phenoxy) is 1. The average molecular weight is 319 g/mol. The lowest BCUT2D eigenvalue weighted by Crippen LogP contribution is -1.86. The first-order valence-corrected chi connectivity index (χ1v) is 7.42. The van der Waals surface area contributed by atoms with Gasteiger partial charge >= 0.3 is 0 Å². The smallest absolute Gasteiger partial charge is 0.105 e. The highest BCUT2D eigenvalue weighted by molar-refractivity contribution is 6.30. The zero-order valence-electron chi connectivity index (χ0n) is 11.5. The Morgan fingerprint density at radius 1 is 0.714 bits per heavy atom. The van der Waals surface area contributed by atoms with Gasteiger partial charge in [0.1, 0.15) is 12.5 Å². The maximum absolute atomic E-state index is 6.12. The third kappa shape index (κ3) is 6.07. The monoisotopic (exact) mass is 318 g/mol. The standard InChI is InChI=1S/C18H16Cl2O/c19-17(11-15-7-3-1-4-8-15)13-21-14-18(20)12-16-9-5-2-6-10-16/h1-10,13-14H,11-12H2. The average Bonchev–Trinajstić information content (AvgIpc) is 2.49. The molecule has 1 nitrogen and oxygen atoms in total. The fourth-order valence-electron chi connectivity index (χ4n) is 1.85. The minimum atomic E-state index is 0.627. The minimum absolute atomic E-state index is 0.627. The summed E-state index contributed by atoms with van der Waals surface area (Å²) in [6.07, 6.45) is 4.32. The van der Waals surface area contributed by atoms with E-state index < -0.39 is 0 Å². The number of benzene rings is 2. The number of allylic oxidation sites excluding steroid dienone is 2. The number of hydrogen-bond acceptors (Lipinski definition) is 1. The van der Waals surface area contributed by atoms with Gasteiger partial charge in [0.25, 0.3) is 0 Å². The van der Waals surface area contributed by atoms with Gasteiger partial charge in [-0.25, -0.2) is 0 Å². The van der Waals surface area contributed by atoms with Crippen molar-refractivity contribution in [3.63, 3.8) is 0 Å². The van der Waals surface area contributed by atoms with E-state index in [1.165, 1.54) is 12.5 Å². The van der Waals surface area contributed by atoms with Gasteiger partial charge in [-0.05, 0) is 11.1 Å². The van der Waals surface area contributed by atoms with Gasteiger partial charge in [-0.15, -0.1) is 0 Å². The molecular formula is C18H16Cl2O. The van der Waals surface area contributed by atoms with Crippen molar-refractivity contribution in [2.45, 2.75) is 12.8 Å². The van der Waals surface area contributed by atoms with Crippen molar-refractivity contribution in [1.82, 2.24) is 0 Å². The molecule has 2 aromatic rings. The Bertz CT molecular complexity index is 548. The topological polar surface area (TPSA) is 9.23 Å². The Kier molecular flexibility index (Phi) is 6.39. The van der Waals surface area contributed by atoms with Crippen molar-refractivity contribution in [2.75, 3.05) is 0 Å². The molecule has 0 saturated heterocycles. The van der Waals surface area contributed by atoms with Gasteiger partial charge in [0.15, 0.2) is 0 Å². The Labute approximate surface area is 135 Å². The van der Waals surface area contributed by atoms with Crippen molar-refractivity contribution in [1.29, 1.82) is 0 Å². The van der Waals surface area contributed by atoms with Crippen molar-refractivity contribution in [3.8, 4) is 0 Å². The molecule has 0 fully saturated rings. The fourth-order valence-corrected chi connectivity index (χ4v) is 2.26. The molecule has 2 aromatic carbocycles. The second-order valence-electron chi connectivity index (χ2n) is 4.59. The van der Waals surface area contributed by atoms with Gasteiger partial charge in [0.05, 0.1) is 10.1 Å². The van der Waals surface area contributed by atoms with Gasteiger partial charge in [-0.3, -0.25) is 0 Å². The van der Waals surface area contributed by atoms with Gasteiger partial charge in [-0.1, -0.05) is 83.9 Å². The summed E-state index contributed by atoms with van der Waals surface area (Å²) in [6.45, 7) is 0. The zero-order valence-corrected chi connectivity index (χ0v) is 13.0. The first-order valence-electron chi connectivity index (χ1n) is 6.66. The van der Waals surface area contributed by atoms with Crippen LogP contribution in [0.1, 0.15) is 11.1 Å². The van der Waals surface area contributed by atoms with Crippen LogP contribution in [0.5, 0.6) is 0 Å². The molecule has 3 heteroatoms. The number of hydrogen-bond donors (Lipinski definition) is 0. The molecule has 0 amide bonds. The van der Waals surface area contributed by atoms with E-state index in [1.807, 2.05) is 60.7 Å². The van der Waals surface area contributed by atoms with Crippen molar-refractivity contribution < 1.29 is 4.74 Å². The first kappa shape index (κ1) is 15.7. The lowest BCUT2D eigenvalue weighted by molar-refractivity contribution is 0.397. The van der Waals surface area contributed by atoms with Crippen molar-refractivity contribution in [3.05, 3.63) is 94.4 Å². The molecule has 21 heavy (non-hydrogen) atoms. The Hall–Kier alpha value is -1.70. The van der Waals surface area contributed by atoms with E-state index in [0.717, 1.165) is 11.1 Å². The van der Waals surface area contributed by atoms with Crippen LogP contribution in [0.25, 0.3) is 0 Å². The summed E-state index contributed by atoms with van der Waals surface area (Å²) in [5.74, 6) is 0. The van der Waals surface area contributed by atoms with E-state index in [9.17, 15) is 0 Å². The summed E-state index contributed by atoms with van der Waals surface area (Å²) < 4.78 is 5.31. The summed E-state index contributed by atoms with van der Waals surface area (Å²) in [5.41, 5.74) is 2.28. The SMILES string of the molecule is ClC(=COC=C(Cl)Cc1ccccc1)Cc1ccccc1. The summed E-state index contributed by atoms with van der Waals surface area (Å²) >= 11 is 12.2. The molecule has 0 atom stereocenters. The molecule has 0 aliphatic heterocycles. The lowest BCUT2D eigenvalue weighted by atomic mass is 10.1. The molecule has 0 aliphatic carbocycles. The van der Waals surface area contributed by atoms with E-state index in [0.29, 0.717) is 22.9 Å². The minimum Gasteiger partial charge on any atom is -0.470 e. The van der Waals surface area contributed by atoms with Gasteiger partial charge in [-0.2, -0.15) is 0 Å². The largest absolute Gasteiger partial charge is 0.470 e.